The van der Waals surface area contributed by atoms with Crippen LogP contribution >= 0.6 is 11.6 Å². The van der Waals surface area contributed by atoms with Crippen LogP contribution in [0.3, 0.4) is 0 Å². The summed E-state index contributed by atoms with van der Waals surface area (Å²) in [7, 11) is 5.13. The largest absolute Gasteiger partial charge is 0.493 e. The molecule has 0 fully saturated rings. The molecular weight excluding hydrogens is 252 g/mol. The monoisotopic (exact) mass is 266 g/mol. The first kappa shape index (κ1) is 12.8. The van der Waals surface area contributed by atoms with Crippen LogP contribution in [-0.4, -0.2) is 24.0 Å². The van der Waals surface area contributed by atoms with Gasteiger partial charge in [-0.1, -0.05) is 0 Å². The Balaban J connectivity index is 2.47. The van der Waals surface area contributed by atoms with Gasteiger partial charge < -0.3 is 9.47 Å². The zero-order valence-electron chi connectivity index (χ0n) is 10.6. The summed E-state index contributed by atoms with van der Waals surface area (Å²) in [6.07, 6.45) is 0. The van der Waals surface area contributed by atoms with Crippen LogP contribution in [-0.2, 0) is 12.9 Å². The Labute approximate surface area is 111 Å². The normalized spacial score (nSPS) is 10.4. The Bertz CT molecular complexity index is 552. The summed E-state index contributed by atoms with van der Waals surface area (Å²) >= 11 is 5.79. The van der Waals surface area contributed by atoms with E-state index in [9.17, 15) is 0 Å². The first-order valence-electron chi connectivity index (χ1n) is 5.51. The third kappa shape index (κ3) is 2.29. The van der Waals surface area contributed by atoms with Gasteiger partial charge in [0.1, 0.15) is 0 Å². The van der Waals surface area contributed by atoms with Gasteiger partial charge in [-0.15, -0.1) is 11.6 Å². The van der Waals surface area contributed by atoms with Gasteiger partial charge in [-0.2, -0.15) is 5.10 Å². The van der Waals surface area contributed by atoms with Crippen LogP contribution in [0.2, 0.25) is 0 Å². The lowest BCUT2D eigenvalue weighted by Gasteiger charge is -2.09. The van der Waals surface area contributed by atoms with Crippen LogP contribution < -0.4 is 9.47 Å². The first-order chi connectivity index (χ1) is 8.69. The third-order valence-corrected chi connectivity index (χ3v) is 3.02. The number of ether oxygens (including phenoxy) is 2. The van der Waals surface area contributed by atoms with E-state index < -0.39 is 0 Å². The van der Waals surface area contributed by atoms with Gasteiger partial charge in [-0.25, -0.2) is 0 Å². The van der Waals surface area contributed by atoms with Crippen molar-refractivity contribution in [3.63, 3.8) is 0 Å². The highest BCUT2D eigenvalue weighted by Crippen LogP contribution is 2.32. The molecule has 2 aromatic rings. The summed E-state index contributed by atoms with van der Waals surface area (Å²) in [6, 6.07) is 7.74. The molecule has 5 heteroatoms. The molecule has 1 aromatic carbocycles. The molecule has 96 valence electrons. The van der Waals surface area contributed by atoms with Crippen molar-refractivity contribution in [2.24, 2.45) is 7.05 Å². The minimum absolute atomic E-state index is 0.404. The van der Waals surface area contributed by atoms with E-state index in [4.69, 9.17) is 21.1 Å². The summed E-state index contributed by atoms with van der Waals surface area (Å²) < 4.78 is 12.3. The number of rotatable bonds is 4. The molecule has 1 heterocycles. The van der Waals surface area contributed by atoms with E-state index in [0.717, 1.165) is 17.0 Å². The quantitative estimate of drug-likeness (QED) is 0.799. The minimum atomic E-state index is 0.404. The van der Waals surface area contributed by atoms with Crippen molar-refractivity contribution in [2.75, 3.05) is 14.2 Å². The second-order valence-corrected chi connectivity index (χ2v) is 4.12. The van der Waals surface area contributed by atoms with Gasteiger partial charge in [-0.3, -0.25) is 4.68 Å². The molecule has 0 bridgehead atoms. The fourth-order valence-corrected chi connectivity index (χ4v) is 1.99. The van der Waals surface area contributed by atoms with Gasteiger partial charge in [-0.05, 0) is 24.3 Å². The maximum atomic E-state index is 5.79. The predicted octanol–water partition coefficient (Wildman–Crippen LogP) is 2.84. The molecule has 1 aromatic heterocycles. The third-order valence-electron chi connectivity index (χ3n) is 2.75. The number of halogens is 1. The van der Waals surface area contributed by atoms with Crippen LogP contribution in [0.25, 0.3) is 11.3 Å². The van der Waals surface area contributed by atoms with Crippen molar-refractivity contribution in [3.05, 3.63) is 30.0 Å². The second-order valence-electron chi connectivity index (χ2n) is 3.85. The standard InChI is InChI=1S/C13H15ClN2O2/c1-16-11(7-10(8-14)15-16)9-4-5-12(17-2)13(6-9)18-3/h4-7H,8H2,1-3H3. The molecule has 0 radical (unpaired) electrons. The van der Waals surface area contributed by atoms with Gasteiger partial charge in [0.2, 0.25) is 0 Å². The number of hydrogen-bond donors (Lipinski definition) is 0. The summed E-state index contributed by atoms with van der Waals surface area (Å²) in [4.78, 5) is 0. The minimum Gasteiger partial charge on any atom is -0.493 e. The topological polar surface area (TPSA) is 36.3 Å². The van der Waals surface area contributed by atoms with E-state index >= 15 is 0 Å². The van der Waals surface area contributed by atoms with Gasteiger partial charge in [0.25, 0.3) is 0 Å². The molecule has 0 spiro atoms. The van der Waals surface area contributed by atoms with Crippen molar-refractivity contribution >= 4 is 11.6 Å². The molecule has 2 rings (SSSR count). The number of aryl methyl sites for hydroxylation is 1. The molecule has 18 heavy (non-hydrogen) atoms. The molecular formula is C13H15ClN2O2. The van der Waals surface area contributed by atoms with Gasteiger partial charge >= 0.3 is 0 Å². The molecule has 0 unspecified atom stereocenters. The number of alkyl halides is 1. The zero-order chi connectivity index (χ0) is 13.1. The van der Waals surface area contributed by atoms with Crippen molar-refractivity contribution < 1.29 is 9.47 Å². The number of aromatic nitrogens is 2. The van der Waals surface area contributed by atoms with E-state index in [1.807, 2.05) is 31.3 Å². The van der Waals surface area contributed by atoms with E-state index in [1.165, 1.54) is 0 Å². The lowest BCUT2D eigenvalue weighted by molar-refractivity contribution is 0.355. The Morgan fingerprint density at radius 3 is 2.44 bits per heavy atom. The Morgan fingerprint density at radius 2 is 1.89 bits per heavy atom. The summed E-state index contributed by atoms with van der Waals surface area (Å²) in [5.74, 6) is 1.81. The van der Waals surface area contributed by atoms with Crippen LogP contribution in [0.15, 0.2) is 24.3 Å². The van der Waals surface area contributed by atoms with Crippen molar-refractivity contribution in [1.82, 2.24) is 9.78 Å². The predicted molar refractivity (Wildman–Crippen MR) is 71.3 cm³/mol. The molecule has 0 saturated carbocycles. The van der Waals surface area contributed by atoms with E-state index in [2.05, 4.69) is 5.10 Å². The molecule has 0 aliphatic heterocycles. The highest BCUT2D eigenvalue weighted by molar-refractivity contribution is 6.16. The number of hydrogen-bond acceptors (Lipinski definition) is 3. The number of methoxy groups -OCH3 is 2. The van der Waals surface area contributed by atoms with E-state index in [1.54, 1.807) is 18.9 Å². The lowest BCUT2D eigenvalue weighted by atomic mass is 10.1. The fraction of sp³-hybridized carbons (Fsp3) is 0.308. The Kier molecular flexibility index (Phi) is 3.77. The fourth-order valence-electron chi connectivity index (χ4n) is 1.86. The van der Waals surface area contributed by atoms with E-state index in [-0.39, 0.29) is 0 Å². The SMILES string of the molecule is COc1ccc(-c2cc(CCl)nn2C)cc1OC. The van der Waals surface area contributed by atoms with Gasteiger partial charge in [0.15, 0.2) is 11.5 Å². The summed E-state index contributed by atoms with van der Waals surface area (Å²) in [5, 5.41) is 4.32. The highest BCUT2D eigenvalue weighted by Gasteiger charge is 2.10. The Morgan fingerprint density at radius 1 is 1.17 bits per heavy atom. The van der Waals surface area contributed by atoms with Crippen molar-refractivity contribution in [1.29, 1.82) is 0 Å². The first-order valence-corrected chi connectivity index (χ1v) is 6.04. The maximum Gasteiger partial charge on any atom is 0.161 e. The second kappa shape index (κ2) is 5.31. The van der Waals surface area contributed by atoms with Gasteiger partial charge in [0, 0.05) is 12.6 Å². The molecule has 0 amide bonds. The summed E-state index contributed by atoms with van der Waals surface area (Å²) in [5.41, 5.74) is 2.86. The summed E-state index contributed by atoms with van der Waals surface area (Å²) in [6.45, 7) is 0. The van der Waals surface area contributed by atoms with Crippen molar-refractivity contribution in [3.8, 4) is 22.8 Å². The molecule has 0 aliphatic rings. The average molecular weight is 267 g/mol. The molecule has 0 saturated heterocycles. The molecule has 0 N–H and O–H groups in total. The molecule has 4 nitrogen and oxygen atoms in total. The Hall–Kier alpha value is -1.68. The zero-order valence-corrected chi connectivity index (χ0v) is 11.4. The number of benzene rings is 1. The van der Waals surface area contributed by atoms with Crippen LogP contribution in [0.1, 0.15) is 5.69 Å². The highest BCUT2D eigenvalue weighted by atomic mass is 35.5. The number of nitrogens with zero attached hydrogens (tertiary/aromatic N) is 2. The van der Waals surface area contributed by atoms with Crippen LogP contribution in [0.5, 0.6) is 11.5 Å². The maximum absolute atomic E-state index is 5.79. The average Bonchev–Trinajstić information content (AvgIpc) is 2.79. The van der Waals surface area contributed by atoms with Gasteiger partial charge in [0.05, 0.1) is 31.5 Å². The van der Waals surface area contributed by atoms with Crippen LogP contribution in [0, 0.1) is 0 Å². The smallest absolute Gasteiger partial charge is 0.161 e. The van der Waals surface area contributed by atoms with Crippen LogP contribution in [0.4, 0.5) is 0 Å². The van der Waals surface area contributed by atoms with Crippen molar-refractivity contribution in [2.45, 2.75) is 5.88 Å². The molecule has 0 atom stereocenters. The molecule has 0 aliphatic carbocycles. The van der Waals surface area contributed by atoms with E-state index in [0.29, 0.717) is 17.4 Å². The lowest BCUT2D eigenvalue weighted by Crippen LogP contribution is -1.95.